The van der Waals surface area contributed by atoms with Gasteiger partial charge in [-0.15, -0.1) is 0 Å². The summed E-state index contributed by atoms with van der Waals surface area (Å²) < 4.78 is 12.7. The molecule has 0 unspecified atom stereocenters. The van der Waals surface area contributed by atoms with E-state index in [0.29, 0.717) is 26.9 Å². The SMILES string of the molecule is COC(=O)c1c(Br)nc(Oc2cccc(Cl)c2)n1Cc1ccc(Cl)cc1. The van der Waals surface area contributed by atoms with Gasteiger partial charge in [-0.3, -0.25) is 4.57 Å². The molecule has 2 aromatic carbocycles. The number of hydrogen-bond acceptors (Lipinski definition) is 4. The first-order valence-electron chi connectivity index (χ1n) is 7.50. The minimum Gasteiger partial charge on any atom is -0.464 e. The molecule has 0 saturated carbocycles. The lowest BCUT2D eigenvalue weighted by molar-refractivity contribution is 0.0587. The van der Waals surface area contributed by atoms with E-state index in [0.717, 1.165) is 5.56 Å². The van der Waals surface area contributed by atoms with Crippen molar-refractivity contribution in [2.45, 2.75) is 6.54 Å². The van der Waals surface area contributed by atoms with Crippen LogP contribution in [0.4, 0.5) is 0 Å². The number of aromatic nitrogens is 2. The average molecular weight is 456 g/mol. The molecule has 8 heteroatoms. The van der Waals surface area contributed by atoms with Gasteiger partial charge >= 0.3 is 12.0 Å². The molecule has 0 fully saturated rings. The highest BCUT2D eigenvalue weighted by atomic mass is 79.9. The molecule has 0 bridgehead atoms. The molecular formula is C18H13BrCl2N2O3. The van der Waals surface area contributed by atoms with Crippen molar-refractivity contribution in [1.29, 1.82) is 0 Å². The molecule has 0 N–H and O–H groups in total. The Morgan fingerprint density at radius 1 is 1.15 bits per heavy atom. The summed E-state index contributed by atoms with van der Waals surface area (Å²) in [6, 6.07) is 14.4. The number of halogens is 3. The van der Waals surface area contributed by atoms with Crippen molar-refractivity contribution >= 4 is 45.1 Å². The molecule has 0 aliphatic rings. The maximum absolute atomic E-state index is 12.2. The fourth-order valence-electron chi connectivity index (χ4n) is 2.33. The van der Waals surface area contributed by atoms with Crippen LogP contribution in [0.3, 0.4) is 0 Å². The van der Waals surface area contributed by atoms with Gasteiger partial charge < -0.3 is 9.47 Å². The zero-order valence-corrected chi connectivity index (χ0v) is 16.7. The number of carbonyl (C=O) groups is 1. The van der Waals surface area contributed by atoms with Crippen LogP contribution < -0.4 is 4.74 Å². The zero-order valence-electron chi connectivity index (χ0n) is 13.6. The van der Waals surface area contributed by atoms with Gasteiger partial charge in [-0.25, -0.2) is 4.79 Å². The van der Waals surface area contributed by atoms with E-state index in [2.05, 4.69) is 20.9 Å². The summed E-state index contributed by atoms with van der Waals surface area (Å²) in [5.41, 5.74) is 1.17. The van der Waals surface area contributed by atoms with Crippen LogP contribution in [-0.2, 0) is 11.3 Å². The Kier molecular flexibility index (Phi) is 5.86. The predicted octanol–water partition coefficient (Wildman–Crippen LogP) is 5.58. The standard InChI is InChI=1S/C18H13BrCl2N2O3/c1-25-17(24)15-16(19)22-18(26-14-4-2-3-13(21)9-14)23(15)10-11-5-7-12(20)8-6-11/h2-9H,10H2,1H3. The Labute approximate surface area is 168 Å². The maximum atomic E-state index is 12.2. The zero-order chi connectivity index (χ0) is 18.7. The first-order valence-corrected chi connectivity index (χ1v) is 9.05. The molecule has 0 radical (unpaired) electrons. The van der Waals surface area contributed by atoms with E-state index in [1.807, 2.05) is 12.1 Å². The third-order valence-corrected chi connectivity index (χ3v) is 4.57. The normalized spacial score (nSPS) is 10.6. The Hall–Kier alpha value is -2.02. The van der Waals surface area contributed by atoms with Crippen LogP contribution in [0.2, 0.25) is 10.0 Å². The fourth-order valence-corrected chi connectivity index (χ4v) is 3.16. The molecule has 1 heterocycles. The van der Waals surface area contributed by atoms with Gasteiger partial charge in [-0.1, -0.05) is 41.4 Å². The molecule has 0 spiro atoms. The van der Waals surface area contributed by atoms with Crippen molar-refractivity contribution in [3.8, 4) is 11.8 Å². The number of ether oxygens (including phenoxy) is 2. The molecule has 0 aliphatic carbocycles. The Morgan fingerprint density at radius 3 is 2.54 bits per heavy atom. The third kappa shape index (κ3) is 4.20. The van der Waals surface area contributed by atoms with Gasteiger partial charge in [0.15, 0.2) is 5.69 Å². The van der Waals surface area contributed by atoms with Crippen LogP contribution in [0, 0.1) is 0 Å². The van der Waals surface area contributed by atoms with E-state index in [9.17, 15) is 4.79 Å². The van der Waals surface area contributed by atoms with Gasteiger partial charge in [-0.2, -0.15) is 4.98 Å². The molecule has 0 amide bonds. The average Bonchev–Trinajstić information content (AvgIpc) is 2.91. The van der Waals surface area contributed by atoms with Crippen LogP contribution in [0.15, 0.2) is 53.1 Å². The van der Waals surface area contributed by atoms with Gasteiger partial charge in [0.05, 0.1) is 13.7 Å². The lowest BCUT2D eigenvalue weighted by Gasteiger charge is -2.12. The topological polar surface area (TPSA) is 53.4 Å². The number of rotatable bonds is 5. The summed E-state index contributed by atoms with van der Waals surface area (Å²) >= 11 is 15.2. The monoisotopic (exact) mass is 454 g/mol. The summed E-state index contributed by atoms with van der Waals surface area (Å²) in [5, 5.41) is 1.16. The van der Waals surface area contributed by atoms with Crippen LogP contribution in [-0.4, -0.2) is 22.6 Å². The van der Waals surface area contributed by atoms with Crippen LogP contribution in [0.5, 0.6) is 11.8 Å². The molecule has 0 aliphatic heterocycles. The van der Waals surface area contributed by atoms with E-state index < -0.39 is 5.97 Å². The highest BCUT2D eigenvalue weighted by molar-refractivity contribution is 9.10. The molecule has 26 heavy (non-hydrogen) atoms. The number of benzene rings is 2. The van der Waals surface area contributed by atoms with Gasteiger partial charge in [0.25, 0.3) is 0 Å². The molecule has 0 atom stereocenters. The van der Waals surface area contributed by atoms with Crippen molar-refractivity contribution in [3.63, 3.8) is 0 Å². The smallest absolute Gasteiger partial charge is 0.357 e. The largest absolute Gasteiger partial charge is 0.464 e. The Morgan fingerprint density at radius 2 is 1.88 bits per heavy atom. The molecule has 1 aromatic heterocycles. The molecule has 0 saturated heterocycles. The van der Waals surface area contributed by atoms with Crippen molar-refractivity contribution < 1.29 is 14.3 Å². The molecule has 134 valence electrons. The van der Waals surface area contributed by atoms with Gasteiger partial charge in [-0.05, 0) is 51.8 Å². The second-order valence-electron chi connectivity index (χ2n) is 5.30. The molecule has 3 aromatic rings. The minimum atomic E-state index is -0.528. The van der Waals surface area contributed by atoms with Crippen molar-refractivity contribution in [3.05, 3.63) is 74.4 Å². The molecule has 5 nitrogen and oxygen atoms in total. The van der Waals surface area contributed by atoms with Crippen LogP contribution in [0.25, 0.3) is 0 Å². The van der Waals surface area contributed by atoms with Crippen molar-refractivity contribution in [1.82, 2.24) is 9.55 Å². The summed E-state index contributed by atoms with van der Waals surface area (Å²) in [6.45, 7) is 0.343. The summed E-state index contributed by atoms with van der Waals surface area (Å²) in [5.74, 6) is -0.0249. The second-order valence-corrected chi connectivity index (χ2v) is 6.92. The predicted molar refractivity (Wildman–Crippen MR) is 103 cm³/mol. The fraction of sp³-hybridized carbons (Fsp3) is 0.111. The number of hydrogen-bond donors (Lipinski definition) is 0. The van der Waals surface area contributed by atoms with E-state index >= 15 is 0 Å². The summed E-state index contributed by atoms with van der Waals surface area (Å²) in [7, 11) is 1.31. The number of imidazole rings is 1. The quantitative estimate of drug-likeness (QED) is 0.471. The van der Waals surface area contributed by atoms with E-state index in [4.69, 9.17) is 32.7 Å². The minimum absolute atomic E-state index is 0.231. The molecular weight excluding hydrogens is 443 g/mol. The maximum Gasteiger partial charge on any atom is 0.357 e. The van der Waals surface area contributed by atoms with Crippen molar-refractivity contribution in [2.75, 3.05) is 7.11 Å². The van der Waals surface area contributed by atoms with Gasteiger partial charge in [0, 0.05) is 10.0 Å². The Bertz CT molecular complexity index is 942. The lowest BCUT2D eigenvalue weighted by atomic mass is 10.2. The van der Waals surface area contributed by atoms with Crippen LogP contribution in [0.1, 0.15) is 16.1 Å². The van der Waals surface area contributed by atoms with E-state index in [-0.39, 0.29) is 11.7 Å². The number of nitrogens with zero attached hydrogens (tertiary/aromatic N) is 2. The first-order chi connectivity index (χ1) is 12.5. The number of methoxy groups -OCH3 is 1. The van der Waals surface area contributed by atoms with E-state index in [1.165, 1.54) is 7.11 Å². The third-order valence-electron chi connectivity index (χ3n) is 3.53. The number of esters is 1. The highest BCUT2D eigenvalue weighted by Crippen LogP contribution is 2.30. The van der Waals surface area contributed by atoms with Crippen molar-refractivity contribution in [2.24, 2.45) is 0 Å². The summed E-state index contributed by atoms with van der Waals surface area (Å²) in [6.07, 6.45) is 0. The molecule has 3 rings (SSSR count). The summed E-state index contributed by atoms with van der Waals surface area (Å²) in [4.78, 5) is 16.5. The van der Waals surface area contributed by atoms with Gasteiger partial charge in [0.1, 0.15) is 10.4 Å². The highest BCUT2D eigenvalue weighted by Gasteiger charge is 2.24. The van der Waals surface area contributed by atoms with Crippen LogP contribution >= 0.6 is 39.1 Å². The first kappa shape index (κ1) is 18.8. The Balaban J connectivity index is 2.02. The number of carbonyl (C=O) groups excluding carboxylic acids is 1. The lowest BCUT2D eigenvalue weighted by Crippen LogP contribution is -2.13. The second kappa shape index (κ2) is 8.12. The van der Waals surface area contributed by atoms with E-state index in [1.54, 1.807) is 41.0 Å². The van der Waals surface area contributed by atoms with Gasteiger partial charge in [0.2, 0.25) is 0 Å².